The van der Waals surface area contributed by atoms with Crippen LogP contribution in [0.5, 0.6) is 5.75 Å². The number of carbonyl (C=O) groups is 1. The van der Waals surface area contributed by atoms with Crippen LogP contribution in [0.3, 0.4) is 0 Å². The molecule has 2 rings (SSSR count). The van der Waals surface area contributed by atoms with E-state index in [1.165, 1.54) is 67.2 Å². The molecule has 0 atom stereocenters. The van der Waals surface area contributed by atoms with Crippen LogP contribution in [-0.4, -0.2) is 12.5 Å². The summed E-state index contributed by atoms with van der Waals surface area (Å²) in [6.45, 7) is 18.8. The van der Waals surface area contributed by atoms with Gasteiger partial charge >= 0.3 is 0 Å². The van der Waals surface area contributed by atoms with Gasteiger partial charge in [0.2, 0.25) is 5.91 Å². The van der Waals surface area contributed by atoms with Crippen molar-refractivity contribution in [2.24, 2.45) is 0 Å². The van der Waals surface area contributed by atoms with Crippen LogP contribution in [0.15, 0.2) is 36.4 Å². The smallest absolute Gasteiger partial charge is 0.224 e. The zero-order valence-electron chi connectivity index (χ0n) is 25.1. The third-order valence-electron chi connectivity index (χ3n) is 7.13. The molecule has 0 saturated carbocycles. The first kappa shape index (κ1) is 30.9. The number of unbranched alkanes of at least 4 members (excludes halogenated alkanes) is 7. The molecule has 0 aliphatic rings. The van der Waals surface area contributed by atoms with E-state index in [0.29, 0.717) is 6.42 Å². The molecule has 3 nitrogen and oxygen atoms in total. The molecule has 0 aliphatic carbocycles. The molecule has 37 heavy (non-hydrogen) atoms. The van der Waals surface area contributed by atoms with E-state index in [-0.39, 0.29) is 16.7 Å². The van der Waals surface area contributed by atoms with Gasteiger partial charge in [-0.05, 0) is 77.1 Å². The van der Waals surface area contributed by atoms with Crippen LogP contribution in [-0.2, 0) is 22.0 Å². The Bertz CT molecular complexity index is 926. The van der Waals surface area contributed by atoms with E-state index in [9.17, 15) is 4.79 Å². The molecule has 1 amide bonds. The Labute approximate surface area is 227 Å². The summed E-state index contributed by atoms with van der Waals surface area (Å²) in [4.78, 5) is 12.7. The zero-order chi connectivity index (χ0) is 27.5. The molecule has 0 aromatic heterocycles. The van der Waals surface area contributed by atoms with Gasteiger partial charge in [0.25, 0.3) is 0 Å². The van der Waals surface area contributed by atoms with E-state index in [2.05, 4.69) is 72.8 Å². The lowest BCUT2D eigenvalue weighted by molar-refractivity contribution is -0.116. The maximum atomic E-state index is 12.7. The van der Waals surface area contributed by atoms with Crippen LogP contribution in [0, 0.1) is 6.92 Å². The fraction of sp³-hybridized carbons (Fsp3) is 0.618. The third-order valence-corrected chi connectivity index (χ3v) is 7.13. The molecule has 0 saturated heterocycles. The standard InChI is InChI=1S/C34H53NO2/c1-9-10-11-12-13-14-15-16-23-37-29-20-18-28(19-21-29)35-32(36)22-17-27-24-30(33(3,4)5)26(2)31(25-27)34(6,7)8/h18-21,24-25H,9-17,22-23H2,1-8H3,(H,35,36). The van der Waals surface area contributed by atoms with Gasteiger partial charge in [0.05, 0.1) is 6.61 Å². The van der Waals surface area contributed by atoms with Crippen molar-refractivity contribution in [1.29, 1.82) is 0 Å². The lowest BCUT2D eigenvalue weighted by atomic mass is 9.75. The highest BCUT2D eigenvalue weighted by Crippen LogP contribution is 2.35. The quantitative estimate of drug-likeness (QED) is 0.258. The van der Waals surface area contributed by atoms with E-state index < -0.39 is 0 Å². The summed E-state index contributed by atoms with van der Waals surface area (Å²) < 4.78 is 5.89. The summed E-state index contributed by atoms with van der Waals surface area (Å²) in [5.41, 5.74) is 6.31. The first-order chi connectivity index (χ1) is 17.4. The average Bonchev–Trinajstić information content (AvgIpc) is 2.82. The van der Waals surface area contributed by atoms with Gasteiger partial charge in [-0.15, -0.1) is 0 Å². The van der Waals surface area contributed by atoms with Crippen molar-refractivity contribution in [3.63, 3.8) is 0 Å². The predicted octanol–water partition coefficient (Wildman–Crippen LogP) is 9.68. The van der Waals surface area contributed by atoms with Gasteiger partial charge in [-0.2, -0.15) is 0 Å². The molecule has 3 heteroatoms. The lowest BCUT2D eigenvalue weighted by Gasteiger charge is -2.30. The van der Waals surface area contributed by atoms with Gasteiger partial charge < -0.3 is 10.1 Å². The largest absolute Gasteiger partial charge is 0.494 e. The summed E-state index contributed by atoms with van der Waals surface area (Å²) in [5.74, 6) is 0.910. The molecule has 0 radical (unpaired) electrons. The topological polar surface area (TPSA) is 38.3 Å². The Balaban J connectivity index is 1.82. The average molecular weight is 508 g/mol. The van der Waals surface area contributed by atoms with Gasteiger partial charge in [0.15, 0.2) is 0 Å². The van der Waals surface area contributed by atoms with Crippen molar-refractivity contribution in [3.05, 3.63) is 58.7 Å². The highest BCUT2D eigenvalue weighted by Gasteiger charge is 2.24. The van der Waals surface area contributed by atoms with E-state index in [1.807, 2.05) is 24.3 Å². The van der Waals surface area contributed by atoms with E-state index in [1.54, 1.807) is 0 Å². The van der Waals surface area contributed by atoms with E-state index in [0.717, 1.165) is 30.9 Å². The number of hydrogen-bond donors (Lipinski definition) is 1. The van der Waals surface area contributed by atoms with Crippen molar-refractivity contribution >= 4 is 11.6 Å². The summed E-state index contributed by atoms with van der Waals surface area (Å²) in [6.07, 6.45) is 11.6. The molecule has 2 aromatic carbocycles. The van der Waals surface area contributed by atoms with Crippen molar-refractivity contribution in [2.45, 2.75) is 130 Å². The number of ether oxygens (including phenoxy) is 1. The van der Waals surface area contributed by atoms with E-state index >= 15 is 0 Å². The predicted molar refractivity (Wildman–Crippen MR) is 160 cm³/mol. The molecule has 0 bridgehead atoms. The summed E-state index contributed by atoms with van der Waals surface area (Å²) in [7, 11) is 0. The van der Waals surface area contributed by atoms with Crippen molar-refractivity contribution < 1.29 is 9.53 Å². The second-order valence-corrected chi connectivity index (χ2v) is 12.7. The van der Waals surface area contributed by atoms with Crippen LogP contribution >= 0.6 is 0 Å². The molecule has 2 aromatic rings. The highest BCUT2D eigenvalue weighted by atomic mass is 16.5. The first-order valence-corrected chi connectivity index (χ1v) is 14.6. The minimum Gasteiger partial charge on any atom is -0.494 e. The van der Waals surface area contributed by atoms with Gasteiger partial charge in [-0.25, -0.2) is 0 Å². The molecular formula is C34H53NO2. The first-order valence-electron chi connectivity index (χ1n) is 14.6. The van der Waals surface area contributed by atoms with Gasteiger partial charge in [0, 0.05) is 12.1 Å². The molecule has 1 N–H and O–H groups in total. The second kappa shape index (κ2) is 14.6. The Kier molecular flexibility index (Phi) is 12.2. The van der Waals surface area contributed by atoms with Crippen LogP contribution < -0.4 is 10.1 Å². The zero-order valence-corrected chi connectivity index (χ0v) is 25.1. The Morgan fingerprint density at radius 2 is 1.30 bits per heavy atom. The van der Waals surface area contributed by atoms with E-state index in [4.69, 9.17) is 4.74 Å². The lowest BCUT2D eigenvalue weighted by Crippen LogP contribution is -2.20. The fourth-order valence-electron chi connectivity index (χ4n) is 5.02. The maximum Gasteiger partial charge on any atom is 0.224 e. The monoisotopic (exact) mass is 507 g/mol. The minimum absolute atomic E-state index is 0.0443. The van der Waals surface area contributed by atoms with Crippen LogP contribution in [0.25, 0.3) is 0 Å². The normalized spacial score (nSPS) is 12.0. The minimum atomic E-state index is 0.0443. The van der Waals surface area contributed by atoms with Crippen molar-refractivity contribution in [2.75, 3.05) is 11.9 Å². The molecule has 0 aliphatic heterocycles. The second-order valence-electron chi connectivity index (χ2n) is 12.7. The fourth-order valence-corrected chi connectivity index (χ4v) is 5.02. The third kappa shape index (κ3) is 10.9. The Morgan fingerprint density at radius 3 is 1.81 bits per heavy atom. The number of amides is 1. The summed E-state index contributed by atoms with van der Waals surface area (Å²) in [5, 5.41) is 3.05. The number of benzene rings is 2. The Hall–Kier alpha value is -2.29. The van der Waals surface area contributed by atoms with Gasteiger partial charge in [0.1, 0.15) is 5.75 Å². The molecule has 0 heterocycles. The molecular weight excluding hydrogens is 454 g/mol. The summed E-state index contributed by atoms with van der Waals surface area (Å²) in [6, 6.07) is 12.4. The number of carbonyl (C=O) groups excluding carboxylic acids is 1. The van der Waals surface area contributed by atoms with Crippen molar-refractivity contribution in [3.8, 4) is 5.75 Å². The van der Waals surface area contributed by atoms with Crippen LogP contribution in [0.2, 0.25) is 0 Å². The molecule has 0 fully saturated rings. The molecule has 0 unspecified atom stereocenters. The molecule has 206 valence electrons. The maximum absolute atomic E-state index is 12.7. The van der Waals surface area contributed by atoms with Crippen LogP contribution in [0.4, 0.5) is 5.69 Å². The SMILES string of the molecule is CCCCCCCCCCOc1ccc(NC(=O)CCc2cc(C(C)(C)C)c(C)c(C(C)(C)C)c2)cc1. The number of aryl methyl sites for hydroxylation is 1. The number of nitrogens with one attached hydrogen (secondary N) is 1. The van der Waals surface area contributed by atoms with Gasteiger partial charge in [-0.1, -0.05) is 106 Å². The number of rotatable bonds is 14. The summed E-state index contributed by atoms with van der Waals surface area (Å²) >= 11 is 0. The van der Waals surface area contributed by atoms with Crippen molar-refractivity contribution in [1.82, 2.24) is 0 Å². The van der Waals surface area contributed by atoms with Gasteiger partial charge in [-0.3, -0.25) is 4.79 Å². The number of hydrogen-bond acceptors (Lipinski definition) is 2. The molecule has 0 spiro atoms. The Morgan fingerprint density at radius 1 is 0.784 bits per heavy atom. The number of anilines is 1. The van der Waals surface area contributed by atoms with Crippen LogP contribution in [0.1, 0.15) is 129 Å². The highest BCUT2D eigenvalue weighted by molar-refractivity contribution is 5.90.